The van der Waals surface area contributed by atoms with Crippen LogP contribution in [-0.4, -0.2) is 98.4 Å². The number of halogens is 2. The van der Waals surface area contributed by atoms with Gasteiger partial charge in [0, 0.05) is 49.6 Å². The number of aromatic nitrogens is 2. The number of nitrogens with zero attached hydrogens (tertiary/aromatic N) is 3. The molecule has 0 bridgehead atoms. The summed E-state index contributed by atoms with van der Waals surface area (Å²) in [7, 11) is 0. The predicted molar refractivity (Wildman–Crippen MR) is 185 cm³/mol. The Bertz CT molecular complexity index is 1620. The van der Waals surface area contributed by atoms with E-state index in [1.54, 1.807) is 6.20 Å². The highest BCUT2D eigenvalue weighted by Gasteiger charge is 2.38. The average Bonchev–Trinajstić information content (AvgIpc) is 3.47. The number of amides is 3. The fourth-order valence-corrected chi connectivity index (χ4v) is 6.03. The van der Waals surface area contributed by atoms with E-state index >= 15 is 0 Å². The first-order valence-corrected chi connectivity index (χ1v) is 17.1. The number of thioether (sulfide) groups is 1. The van der Waals surface area contributed by atoms with Crippen LogP contribution < -0.4 is 22.1 Å². The van der Waals surface area contributed by atoms with Gasteiger partial charge in [-0.25, -0.2) is 13.5 Å². The van der Waals surface area contributed by atoms with Gasteiger partial charge in [-0.1, -0.05) is 51.1 Å². The molecule has 0 aliphatic carbocycles. The highest BCUT2D eigenvalue weighted by Crippen LogP contribution is 2.40. The van der Waals surface area contributed by atoms with Crippen LogP contribution in [0.25, 0.3) is 5.69 Å². The lowest BCUT2D eigenvalue weighted by molar-refractivity contribution is -0.140. The second kappa shape index (κ2) is 18.6. The number of carboxylic acid groups (broad SMARTS) is 1. The standard InChI is InChI=1S/C34H45F2N7O6S/c1-34(2,3)31(30-22(15-21-7-5-4-6-8-21)17-43(41-30)27-16-23(35)9-10-24(27)36)42(29(46)18-44)14-11-25(37)32(47)40-13-12-39-28(45)20-50-19-26(38)33(48)49/h4-10,16-17,25-26,31,44H,11-15,18-20,37-38H2,1-3H3,(H,39,45)(H,40,47)(H,48,49). The highest BCUT2D eigenvalue weighted by molar-refractivity contribution is 8.00. The molecule has 0 fully saturated rings. The van der Waals surface area contributed by atoms with Gasteiger partial charge in [-0.3, -0.25) is 19.2 Å². The minimum Gasteiger partial charge on any atom is -0.480 e. The van der Waals surface area contributed by atoms with Crippen LogP contribution in [0.2, 0.25) is 0 Å². The number of aliphatic hydroxyl groups is 1. The summed E-state index contributed by atoms with van der Waals surface area (Å²) in [5.41, 5.74) is 12.8. The lowest BCUT2D eigenvalue weighted by Gasteiger charge is -2.40. The molecule has 2 aromatic carbocycles. The Morgan fingerprint density at radius 3 is 2.34 bits per heavy atom. The molecule has 272 valence electrons. The summed E-state index contributed by atoms with van der Waals surface area (Å²) in [5, 5.41) is 28.8. The minimum absolute atomic E-state index is 0.000579. The van der Waals surface area contributed by atoms with Gasteiger partial charge in [-0.05, 0) is 29.5 Å². The summed E-state index contributed by atoms with van der Waals surface area (Å²) in [6.45, 7) is 4.92. The molecule has 0 radical (unpaired) electrons. The van der Waals surface area contributed by atoms with Gasteiger partial charge in [0.05, 0.1) is 23.5 Å². The van der Waals surface area contributed by atoms with E-state index in [1.807, 2.05) is 51.1 Å². The third-order valence-electron chi connectivity index (χ3n) is 7.67. The molecule has 0 saturated carbocycles. The maximum atomic E-state index is 14.9. The Morgan fingerprint density at radius 2 is 1.70 bits per heavy atom. The van der Waals surface area contributed by atoms with Crippen LogP contribution in [0.4, 0.5) is 8.78 Å². The number of hydrogen-bond donors (Lipinski definition) is 6. The molecule has 3 amide bonds. The molecule has 0 spiro atoms. The number of aliphatic carboxylic acids is 1. The van der Waals surface area contributed by atoms with Gasteiger partial charge in [0.15, 0.2) is 0 Å². The minimum atomic E-state index is -1.16. The summed E-state index contributed by atoms with van der Waals surface area (Å²) >= 11 is 1.07. The summed E-state index contributed by atoms with van der Waals surface area (Å²) in [6.07, 6.45) is 1.96. The van der Waals surface area contributed by atoms with Gasteiger partial charge in [-0.2, -0.15) is 5.10 Å². The Kier molecular flexibility index (Phi) is 14.9. The van der Waals surface area contributed by atoms with Crippen molar-refractivity contribution >= 4 is 35.5 Å². The molecule has 50 heavy (non-hydrogen) atoms. The zero-order valence-electron chi connectivity index (χ0n) is 28.3. The normalized spacial score (nSPS) is 13.3. The zero-order valence-corrected chi connectivity index (χ0v) is 29.1. The van der Waals surface area contributed by atoms with Crippen molar-refractivity contribution in [1.29, 1.82) is 0 Å². The van der Waals surface area contributed by atoms with Gasteiger partial charge in [0.25, 0.3) is 0 Å². The lowest BCUT2D eigenvalue weighted by atomic mass is 9.81. The number of nitrogens with two attached hydrogens (primary N) is 2. The van der Waals surface area contributed by atoms with Crippen molar-refractivity contribution in [2.75, 3.05) is 37.7 Å². The first-order chi connectivity index (χ1) is 23.6. The molecule has 3 rings (SSSR count). The Balaban J connectivity index is 1.77. The first kappa shape index (κ1) is 40.1. The van der Waals surface area contributed by atoms with Crippen LogP contribution >= 0.6 is 11.8 Å². The van der Waals surface area contributed by atoms with Gasteiger partial charge >= 0.3 is 5.97 Å². The van der Waals surface area contributed by atoms with E-state index in [0.29, 0.717) is 17.7 Å². The Labute approximate surface area is 293 Å². The third kappa shape index (κ3) is 11.6. The number of nitrogens with one attached hydrogen (secondary N) is 2. The van der Waals surface area contributed by atoms with Crippen molar-refractivity contribution in [3.8, 4) is 5.69 Å². The van der Waals surface area contributed by atoms with Crippen molar-refractivity contribution in [2.45, 2.75) is 51.7 Å². The van der Waals surface area contributed by atoms with Crippen molar-refractivity contribution in [3.05, 3.63) is 83.2 Å². The van der Waals surface area contributed by atoms with Crippen LogP contribution in [0.15, 0.2) is 54.7 Å². The molecule has 1 heterocycles. The number of benzene rings is 2. The predicted octanol–water partition coefficient (Wildman–Crippen LogP) is 1.74. The van der Waals surface area contributed by atoms with E-state index in [4.69, 9.17) is 21.7 Å². The van der Waals surface area contributed by atoms with E-state index in [1.165, 1.54) is 9.58 Å². The van der Waals surface area contributed by atoms with Crippen LogP contribution in [0, 0.1) is 17.0 Å². The number of carbonyl (C=O) groups excluding carboxylic acids is 3. The summed E-state index contributed by atoms with van der Waals surface area (Å²) < 4.78 is 30.4. The molecule has 1 aromatic heterocycles. The number of carboxylic acids is 1. The van der Waals surface area contributed by atoms with Gasteiger partial charge in [-0.15, -0.1) is 11.8 Å². The van der Waals surface area contributed by atoms with Crippen LogP contribution in [-0.2, 0) is 25.6 Å². The fraction of sp³-hybridized carbons (Fsp3) is 0.441. The van der Waals surface area contributed by atoms with Crippen LogP contribution in [0.3, 0.4) is 0 Å². The zero-order chi connectivity index (χ0) is 37.0. The highest BCUT2D eigenvalue weighted by atomic mass is 32.2. The fourth-order valence-electron chi connectivity index (χ4n) is 5.23. The summed E-state index contributed by atoms with van der Waals surface area (Å²) in [4.78, 5) is 50.3. The average molecular weight is 718 g/mol. The molecular formula is C34H45F2N7O6S. The Hall–Kier alpha value is -4.38. The number of carbonyl (C=O) groups is 4. The van der Waals surface area contributed by atoms with Gasteiger partial charge in [0.2, 0.25) is 17.7 Å². The maximum Gasteiger partial charge on any atom is 0.321 e. The van der Waals surface area contributed by atoms with Crippen LogP contribution in [0.1, 0.15) is 50.1 Å². The molecule has 3 aromatic rings. The first-order valence-electron chi connectivity index (χ1n) is 16.0. The molecule has 8 N–H and O–H groups in total. The van der Waals surface area contributed by atoms with E-state index in [0.717, 1.165) is 35.5 Å². The molecule has 0 aliphatic rings. The largest absolute Gasteiger partial charge is 0.480 e. The topological polar surface area (TPSA) is 206 Å². The van der Waals surface area contributed by atoms with Crippen molar-refractivity contribution in [2.24, 2.45) is 16.9 Å². The molecule has 3 unspecified atom stereocenters. The monoisotopic (exact) mass is 717 g/mol. The molecule has 0 saturated heterocycles. The second-order valence-corrected chi connectivity index (χ2v) is 13.8. The van der Waals surface area contributed by atoms with E-state index < -0.39 is 59.6 Å². The SMILES string of the molecule is CC(C)(C)C(c1nn(-c2cc(F)ccc2F)cc1Cc1ccccc1)N(CCC(N)C(=O)NCCNC(=O)CSCC(N)C(=O)O)C(=O)CO. The van der Waals surface area contributed by atoms with Gasteiger partial charge in [0.1, 0.15) is 30.0 Å². The van der Waals surface area contributed by atoms with Crippen molar-refractivity contribution in [3.63, 3.8) is 0 Å². The maximum absolute atomic E-state index is 14.9. The molecule has 0 aliphatic heterocycles. The quantitative estimate of drug-likeness (QED) is 0.105. The van der Waals surface area contributed by atoms with E-state index in [2.05, 4.69) is 10.6 Å². The third-order valence-corrected chi connectivity index (χ3v) is 8.73. The second-order valence-electron chi connectivity index (χ2n) is 12.8. The van der Waals surface area contributed by atoms with E-state index in [9.17, 15) is 33.1 Å². The number of aliphatic hydroxyl groups excluding tert-OH is 1. The number of hydrogen-bond acceptors (Lipinski definition) is 9. The van der Waals surface area contributed by atoms with Crippen molar-refractivity contribution in [1.82, 2.24) is 25.3 Å². The van der Waals surface area contributed by atoms with Crippen LogP contribution in [0.5, 0.6) is 0 Å². The lowest BCUT2D eigenvalue weighted by Crippen LogP contribution is -2.48. The smallest absolute Gasteiger partial charge is 0.321 e. The Morgan fingerprint density at radius 1 is 1.02 bits per heavy atom. The number of rotatable bonds is 18. The summed E-state index contributed by atoms with van der Waals surface area (Å²) in [5.74, 6) is -3.96. The van der Waals surface area contributed by atoms with Gasteiger partial charge < -0.3 is 37.2 Å². The van der Waals surface area contributed by atoms with Crippen molar-refractivity contribution < 1.29 is 38.2 Å². The summed E-state index contributed by atoms with van der Waals surface area (Å²) in [6, 6.07) is 9.55. The molecule has 16 heteroatoms. The molecular weight excluding hydrogens is 672 g/mol. The molecule has 13 nitrogen and oxygen atoms in total. The molecule has 3 atom stereocenters. The van der Waals surface area contributed by atoms with E-state index in [-0.39, 0.29) is 49.2 Å².